The summed E-state index contributed by atoms with van der Waals surface area (Å²) in [6.45, 7) is 6.00. The van der Waals surface area contributed by atoms with Gasteiger partial charge in [0.05, 0.1) is 12.7 Å². The molecule has 1 aromatic carbocycles. The summed E-state index contributed by atoms with van der Waals surface area (Å²) in [5, 5.41) is 17.4. The quantitative estimate of drug-likeness (QED) is 0.808. The van der Waals surface area contributed by atoms with Crippen LogP contribution in [0, 0.1) is 23.2 Å². The fraction of sp³-hybridized carbons (Fsp3) is 0.471. The first-order valence-electron chi connectivity index (χ1n) is 6.97. The topological polar surface area (TPSA) is 47.3 Å². The highest BCUT2D eigenvalue weighted by Gasteiger charge is 2.09. The third-order valence-electron chi connectivity index (χ3n) is 3.02. The molecule has 1 rings (SSSR count). The van der Waals surface area contributed by atoms with Gasteiger partial charge in [-0.25, -0.2) is 0 Å². The molecule has 0 aliphatic rings. The van der Waals surface area contributed by atoms with Crippen LogP contribution in [0.25, 0.3) is 0 Å². The zero-order chi connectivity index (χ0) is 14.8. The summed E-state index contributed by atoms with van der Waals surface area (Å²) in [6, 6.07) is 10.7. The predicted octanol–water partition coefficient (Wildman–Crippen LogP) is 2.54. The van der Waals surface area contributed by atoms with Gasteiger partial charge in [-0.15, -0.1) is 0 Å². The number of aliphatic hydroxyl groups is 1. The number of nitriles is 1. The molecule has 0 saturated heterocycles. The van der Waals surface area contributed by atoms with E-state index in [0.717, 1.165) is 18.7 Å². The van der Waals surface area contributed by atoms with Gasteiger partial charge in [-0.1, -0.05) is 24.0 Å². The Morgan fingerprint density at radius 3 is 2.75 bits per heavy atom. The van der Waals surface area contributed by atoms with Crippen molar-refractivity contribution in [3.8, 4) is 17.9 Å². The van der Waals surface area contributed by atoms with E-state index < -0.39 is 0 Å². The van der Waals surface area contributed by atoms with E-state index in [-0.39, 0.29) is 6.61 Å². The van der Waals surface area contributed by atoms with Crippen molar-refractivity contribution in [1.29, 1.82) is 5.26 Å². The van der Waals surface area contributed by atoms with Crippen LogP contribution < -0.4 is 0 Å². The average Bonchev–Trinajstić information content (AvgIpc) is 2.44. The van der Waals surface area contributed by atoms with E-state index in [4.69, 9.17) is 10.4 Å². The number of nitrogens with zero attached hydrogens (tertiary/aromatic N) is 2. The average molecular weight is 270 g/mol. The van der Waals surface area contributed by atoms with Crippen LogP contribution in [0.2, 0.25) is 0 Å². The number of benzene rings is 1. The van der Waals surface area contributed by atoms with Crippen molar-refractivity contribution >= 4 is 0 Å². The highest BCUT2D eigenvalue weighted by molar-refractivity contribution is 5.37. The molecule has 3 nitrogen and oxygen atoms in total. The zero-order valence-corrected chi connectivity index (χ0v) is 12.3. The minimum Gasteiger partial charge on any atom is -0.395 e. The Kier molecular flexibility index (Phi) is 7.43. The van der Waals surface area contributed by atoms with Crippen LogP contribution in [-0.4, -0.2) is 29.2 Å². The predicted molar refractivity (Wildman–Crippen MR) is 80.8 cm³/mol. The second kappa shape index (κ2) is 9.15. The number of aliphatic hydroxyl groups excluding tert-OH is 1. The van der Waals surface area contributed by atoms with Crippen LogP contribution >= 0.6 is 0 Å². The van der Waals surface area contributed by atoms with Crippen LogP contribution in [0.1, 0.15) is 37.8 Å². The monoisotopic (exact) mass is 270 g/mol. The summed E-state index contributed by atoms with van der Waals surface area (Å²) >= 11 is 0. The summed E-state index contributed by atoms with van der Waals surface area (Å²) in [4.78, 5) is 2.28. The highest BCUT2D eigenvalue weighted by atomic mass is 16.2. The van der Waals surface area contributed by atoms with Gasteiger partial charge in [-0.2, -0.15) is 5.26 Å². The van der Waals surface area contributed by atoms with Gasteiger partial charge >= 0.3 is 0 Å². The number of hydrogen-bond donors (Lipinski definition) is 1. The summed E-state index contributed by atoms with van der Waals surface area (Å²) in [6.07, 6.45) is 1.05. The summed E-state index contributed by atoms with van der Waals surface area (Å²) < 4.78 is 0. The lowest BCUT2D eigenvalue weighted by Gasteiger charge is -2.25. The van der Waals surface area contributed by atoms with Gasteiger partial charge in [0.15, 0.2) is 0 Å². The van der Waals surface area contributed by atoms with Gasteiger partial charge in [0.1, 0.15) is 0 Å². The van der Waals surface area contributed by atoms with Crippen molar-refractivity contribution < 1.29 is 5.11 Å². The Morgan fingerprint density at radius 2 is 2.10 bits per heavy atom. The van der Waals surface area contributed by atoms with Gasteiger partial charge in [0.25, 0.3) is 0 Å². The fourth-order valence-electron chi connectivity index (χ4n) is 1.92. The molecule has 0 atom stereocenters. The molecule has 20 heavy (non-hydrogen) atoms. The second-order valence-electron chi connectivity index (χ2n) is 4.95. The van der Waals surface area contributed by atoms with Crippen molar-refractivity contribution in [3.05, 3.63) is 35.4 Å². The van der Waals surface area contributed by atoms with Crippen LogP contribution in [0.4, 0.5) is 0 Å². The molecule has 0 unspecified atom stereocenters. The summed E-state index contributed by atoms with van der Waals surface area (Å²) in [5.41, 5.74) is 2.17. The van der Waals surface area contributed by atoms with Gasteiger partial charge in [-0.05, 0) is 31.5 Å². The van der Waals surface area contributed by atoms with E-state index in [9.17, 15) is 0 Å². The molecule has 106 valence electrons. The van der Waals surface area contributed by atoms with Gasteiger partial charge in [0, 0.05) is 37.5 Å². The minimum absolute atomic E-state index is 0.0992. The van der Waals surface area contributed by atoms with Crippen LogP contribution in [0.3, 0.4) is 0 Å². The Balaban J connectivity index is 2.73. The molecule has 0 fully saturated rings. The molecule has 0 amide bonds. The maximum Gasteiger partial charge on any atom is 0.0635 e. The van der Waals surface area contributed by atoms with E-state index in [0.29, 0.717) is 18.9 Å². The van der Waals surface area contributed by atoms with E-state index >= 15 is 0 Å². The van der Waals surface area contributed by atoms with E-state index in [1.54, 1.807) is 0 Å². The van der Waals surface area contributed by atoms with Crippen molar-refractivity contribution in [2.45, 2.75) is 39.3 Å². The van der Waals surface area contributed by atoms with Gasteiger partial charge < -0.3 is 5.11 Å². The number of rotatable bonds is 6. The molecule has 0 aliphatic heterocycles. The maximum absolute atomic E-state index is 8.73. The fourth-order valence-corrected chi connectivity index (χ4v) is 1.92. The molecular weight excluding hydrogens is 248 g/mol. The SMILES string of the molecule is CC(C)N(CCC#N)Cc1cccc(C#CCCO)c1. The smallest absolute Gasteiger partial charge is 0.0635 e. The lowest BCUT2D eigenvalue weighted by Crippen LogP contribution is -2.31. The van der Waals surface area contributed by atoms with Crippen LogP contribution in [0.5, 0.6) is 0 Å². The maximum atomic E-state index is 8.73. The van der Waals surface area contributed by atoms with Crippen molar-refractivity contribution in [3.63, 3.8) is 0 Å². The van der Waals surface area contributed by atoms with Gasteiger partial charge in [-0.3, -0.25) is 4.90 Å². The molecule has 0 aliphatic carbocycles. The summed E-state index contributed by atoms with van der Waals surface area (Å²) in [7, 11) is 0. The highest BCUT2D eigenvalue weighted by Crippen LogP contribution is 2.11. The second-order valence-corrected chi connectivity index (χ2v) is 4.95. The van der Waals surface area contributed by atoms with Gasteiger partial charge in [0.2, 0.25) is 0 Å². The number of hydrogen-bond acceptors (Lipinski definition) is 3. The zero-order valence-electron chi connectivity index (χ0n) is 12.3. The first-order valence-corrected chi connectivity index (χ1v) is 6.97. The molecule has 0 aromatic heterocycles. The lowest BCUT2D eigenvalue weighted by molar-refractivity contribution is 0.218. The first-order chi connectivity index (χ1) is 9.67. The lowest BCUT2D eigenvalue weighted by atomic mass is 10.1. The van der Waals surface area contributed by atoms with E-state index in [2.05, 4.69) is 48.8 Å². The summed E-state index contributed by atoms with van der Waals surface area (Å²) in [5.74, 6) is 5.98. The standard InChI is InChI=1S/C17H22N2O/c1-15(2)19(11-6-10-18)14-17-9-5-8-16(13-17)7-3-4-12-20/h5,8-9,13,15,20H,4,6,11-12,14H2,1-2H3. The molecule has 1 N–H and O–H groups in total. The Bertz CT molecular complexity index is 506. The minimum atomic E-state index is 0.0992. The molecule has 0 saturated carbocycles. The van der Waals surface area contributed by atoms with E-state index in [1.165, 1.54) is 5.56 Å². The first kappa shape index (κ1) is 16.2. The molecule has 0 radical (unpaired) electrons. The van der Waals surface area contributed by atoms with E-state index in [1.807, 2.05) is 12.1 Å². The Morgan fingerprint density at radius 1 is 1.30 bits per heavy atom. The normalized spacial score (nSPS) is 10.2. The molecule has 0 spiro atoms. The molecule has 3 heteroatoms. The Labute approximate surface area is 121 Å². The molecule has 0 heterocycles. The van der Waals surface area contributed by atoms with Crippen molar-refractivity contribution in [1.82, 2.24) is 4.90 Å². The van der Waals surface area contributed by atoms with Crippen molar-refractivity contribution in [2.24, 2.45) is 0 Å². The Hall–Kier alpha value is -1.81. The molecule has 0 bridgehead atoms. The third-order valence-corrected chi connectivity index (χ3v) is 3.02. The third kappa shape index (κ3) is 5.89. The molecule has 1 aromatic rings. The van der Waals surface area contributed by atoms with Crippen LogP contribution in [0.15, 0.2) is 24.3 Å². The molecular formula is C17H22N2O. The van der Waals surface area contributed by atoms with Crippen molar-refractivity contribution in [2.75, 3.05) is 13.2 Å². The van der Waals surface area contributed by atoms with Crippen LogP contribution in [-0.2, 0) is 6.54 Å². The largest absolute Gasteiger partial charge is 0.395 e.